The van der Waals surface area contributed by atoms with Gasteiger partial charge in [-0.05, 0) is 71.6 Å². The highest BCUT2D eigenvalue weighted by Crippen LogP contribution is 2.07. The number of carbonyl (C=O) groups excluding carboxylic acids is 7. The molecule has 0 aromatic heterocycles. The zero-order chi connectivity index (χ0) is 35.9. The van der Waals surface area contributed by atoms with Gasteiger partial charge >= 0.3 is 0 Å². The number of nitrogens with two attached hydrogens (primary N) is 3. The second-order valence-electron chi connectivity index (χ2n) is 11.6. The zero-order valence-corrected chi connectivity index (χ0v) is 27.9. The van der Waals surface area contributed by atoms with Gasteiger partial charge in [0, 0.05) is 13.0 Å². The lowest BCUT2D eigenvalue weighted by Crippen LogP contribution is -2.60. The second-order valence-corrected chi connectivity index (χ2v) is 11.6. The first-order valence-electron chi connectivity index (χ1n) is 15.9. The Morgan fingerprint density at radius 1 is 0.702 bits per heavy atom. The Labute approximate surface area is 276 Å². The fourth-order valence-electron chi connectivity index (χ4n) is 4.39. The third kappa shape index (κ3) is 18.3. The maximum Gasteiger partial charge on any atom is 0.245 e. The van der Waals surface area contributed by atoms with E-state index in [0.29, 0.717) is 19.1 Å². The highest BCUT2D eigenvalue weighted by atomic mass is 16.3. The highest BCUT2D eigenvalue weighted by molar-refractivity contribution is 5.95. The molecule has 0 saturated carbocycles. The summed E-state index contributed by atoms with van der Waals surface area (Å²) in [5.74, 6) is -3.63. The van der Waals surface area contributed by atoms with Gasteiger partial charge in [0.1, 0.15) is 30.5 Å². The molecule has 0 fully saturated rings. The first-order chi connectivity index (χ1) is 22.2. The number of amides is 6. The van der Waals surface area contributed by atoms with E-state index in [1.54, 1.807) is 7.05 Å². The van der Waals surface area contributed by atoms with Gasteiger partial charge in [-0.25, -0.2) is 0 Å². The number of aliphatic hydroxyl groups is 1. The quantitative estimate of drug-likeness (QED) is 0.0322. The van der Waals surface area contributed by atoms with E-state index in [4.69, 9.17) is 17.2 Å². The van der Waals surface area contributed by atoms with Crippen molar-refractivity contribution in [3.63, 3.8) is 0 Å². The number of carbonyl (C=O) groups is 7. The summed E-state index contributed by atoms with van der Waals surface area (Å²) in [5.41, 5.74) is 16.8. The SMILES string of the molecule is CNCC(=O)NC(CC(C)C)C(=O)NC(CCN)C(=O)NC(CCN)C(=O)NC(C(=O)NCCCC(=O)NC(C=O)CCN)C(C)O. The highest BCUT2D eigenvalue weighted by Gasteiger charge is 2.32. The molecule has 6 atom stereocenters. The minimum Gasteiger partial charge on any atom is -0.391 e. The summed E-state index contributed by atoms with van der Waals surface area (Å²) in [4.78, 5) is 87.5. The molecule has 0 saturated heterocycles. The topological polar surface area (TPSA) is 302 Å². The van der Waals surface area contributed by atoms with Crippen LogP contribution in [0.2, 0.25) is 0 Å². The van der Waals surface area contributed by atoms with Crippen molar-refractivity contribution in [1.29, 1.82) is 0 Å². The molecule has 14 N–H and O–H groups in total. The van der Waals surface area contributed by atoms with E-state index in [2.05, 4.69) is 37.2 Å². The van der Waals surface area contributed by atoms with Crippen LogP contribution >= 0.6 is 0 Å². The summed E-state index contributed by atoms with van der Waals surface area (Å²) >= 11 is 0. The van der Waals surface area contributed by atoms with E-state index in [-0.39, 0.29) is 64.3 Å². The summed E-state index contributed by atoms with van der Waals surface area (Å²) in [7, 11) is 1.59. The predicted octanol–water partition coefficient (Wildman–Crippen LogP) is -4.80. The van der Waals surface area contributed by atoms with E-state index in [1.807, 2.05) is 13.8 Å². The number of aliphatic hydroxyl groups excluding tert-OH is 1. The first kappa shape index (κ1) is 43.3. The second kappa shape index (κ2) is 24.5. The predicted molar refractivity (Wildman–Crippen MR) is 174 cm³/mol. The van der Waals surface area contributed by atoms with Crippen molar-refractivity contribution in [2.75, 3.05) is 39.8 Å². The van der Waals surface area contributed by atoms with Crippen LogP contribution in [-0.4, -0.2) is 123 Å². The number of hydrogen-bond donors (Lipinski definition) is 11. The number of nitrogens with one attached hydrogen (secondary N) is 7. The first-order valence-corrected chi connectivity index (χ1v) is 15.9. The molecular formula is C29H56N10O8. The van der Waals surface area contributed by atoms with Crippen molar-refractivity contribution in [3.8, 4) is 0 Å². The molecule has 18 nitrogen and oxygen atoms in total. The van der Waals surface area contributed by atoms with E-state index in [0.717, 1.165) is 0 Å². The number of aldehydes is 1. The van der Waals surface area contributed by atoms with Crippen LogP contribution in [0.5, 0.6) is 0 Å². The van der Waals surface area contributed by atoms with Crippen molar-refractivity contribution in [3.05, 3.63) is 0 Å². The molecule has 6 unspecified atom stereocenters. The third-order valence-electron chi connectivity index (χ3n) is 6.80. The van der Waals surface area contributed by atoms with Gasteiger partial charge in [0.05, 0.1) is 18.7 Å². The van der Waals surface area contributed by atoms with Crippen molar-refractivity contribution in [2.45, 2.75) is 95.6 Å². The average molecular weight is 673 g/mol. The van der Waals surface area contributed by atoms with E-state index in [9.17, 15) is 38.7 Å². The summed E-state index contributed by atoms with van der Waals surface area (Å²) in [6, 6.07) is -5.41. The van der Waals surface area contributed by atoms with Gasteiger partial charge in [-0.2, -0.15) is 0 Å². The monoisotopic (exact) mass is 672 g/mol. The molecule has 0 spiro atoms. The molecule has 47 heavy (non-hydrogen) atoms. The molecule has 18 heteroatoms. The van der Waals surface area contributed by atoms with Crippen LogP contribution in [0.3, 0.4) is 0 Å². The van der Waals surface area contributed by atoms with Crippen LogP contribution in [0.1, 0.15) is 59.3 Å². The van der Waals surface area contributed by atoms with Crippen LogP contribution in [0, 0.1) is 5.92 Å². The fraction of sp³-hybridized carbons (Fsp3) is 0.759. The zero-order valence-electron chi connectivity index (χ0n) is 27.9. The third-order valence-corrected chi connectivity index (χ3v) is 6.80. The van der Waals surface area contributed by atoms with Gasteiger partial charge in [-0.3, -0.25) is 28.8 Å². The number of likely N-dealkylation sites (N-methyl/N-ethyl adjacent to an activating group) is 1. The van der Waals surface area contributed by atoms with Crippen LogP contribution in [0.4, 0.5) is 0 Å². The van der Waals surface area contributed by atoms with E-state index >= 15 is 0 Å². The van der Waals surface area contributed by atoms with E-state index in [1.165, 1.54) is 6.92 Å². The lowest BCUT2D eigenvalue weighted by molar-refractivity contribution is -0.135. The summed E-state index contributed by atoms with van der Waals surface area (Å²) in [6.45, 7) is 5.29. The van der Waals surface area contributed by atoms with Crippen LogP contribution in [0.25, 0.3) is 0 Å². The normalized spacial score (nSPS) is 14.8. The van der Waals surface area contributed by atoms with Crippen molar-refractivity contribution in [2.24, 2.45) is 23.1 Å². The molecule has 0 aliphatic rings. The van der Waals surface area contributed by atoms with Crippen molar-refractivity contribution in [1.82, 2.24) is 37.2 Å². The Bertz CT molecular complexity index is 1010. The Morgan fingerprint density at radius 3 is 1.70 bits per heavy atom. The van der Waals surface area contributed by atoms with Crippen LogP contribution < -0.4 is 54.4 Å². The van der Waals surface area contributed by atoms with E-state index < -0.39 is 71.8 Å². The largest absolute Gasteiger partial charge is 0.391 e. The molecule has 0 radical (unpaired) electrons. The molecule has 0 rings (SSSR count). The Balaban J connectivity index is 5.41. The maximum absolute atomic E-state index is 13.2. The molecule has 0 aliphatic heterocycles. The summed E-state index contributed by atoms with van der Waals surface area (Å²) < 4.78 is 0. The molecule has 0 bridgehead atoms. The molecule has 270 valence electrons. The van der Waals surface area contributed by atoms with Crippen molar-refractivity contribution < 1.29 is 38.7 Å². The van der Waals surface area contributed by atoms with Gasteiger partial charge in [0.25, 0.3) is 0 Å². The molecule has 0 aromatic carbocycles. The fourth-order valence-corrected chi connectivity index (χ4v) is 4.39. The smallest absolute Gasteiger partial charge is 0.245 e. The standard InChI is InChI=1S/C29H56N10O8/c1-17(2)14-22(36-24(43)15-33-4)28(46)38-20(8-11-31)26(44)37-21(9-12-32)27(45)39-25(18(3)41)29(47)34-13-5-6-23(42)35-19(16-40)7-10-30/h16-22,25,33,41H,5-15,30-32H2,1-4H3,(H,34,47)(H,35,42)(H,36,43)(H,37,44)(H,38,46)(H,39,45). The number of rotatable bonds is 25. The van der Waals surface area contributed by atoms with Gasteiger partial charge in [0.15, 0.2) is 0 Å². The molecule has 0 heterocycles. The van der Waals surface area contributed by atoms with Gasteiger partial charge in [-0.15, -0.1) is 0 Å². The summed E-state index contributed by atoms with van der Waals surface area (Å²) in [6.07, 6.45) is 0.0679. The Hall–Kier alpha value is -3.71. The number of hydrogen-bond acceptors (Lipinski definition) is 12. The molecule has 0 aliphatic carbocycles. The lowest BCUT2D eigenvalue weighted by Gasteiger charge is -2.27. The molecule has 0 aromatic rings. The van der Waals surface area contributed by atoms with Crippen LogP contribution in [0.15, 0.2) is 0 Å². The van der Waals surface area contributed by atoms with Gasteiger partial charge in [0.2, 0.25) is 35.4 Å². The lowest BCUT2D eigenvalue weighted by atomic mass is 10.0. The van der Waals surface area contributed by atoms with Crippen LogP contribution in [-0.2, 0) is 33.6 Å². The minimum atomic E-state index is -1.41. The summed E-state index contributed by atoms with van der Waals surface area (Å²) in [5, 5.41) is 28.2. The minimum absolute atomic E-state index is 0.00649. The Kier molecular flexibility index (Phi) is 22.5. The average Bonchev–Trinajstić information content (AvgIpc) is 3.00. The Morgan fingerprint density at radius 2 is 1.23 bits per heavy atom. The maximum atomic E-state index is 13.2. The van der Waals surface area contributed by atoms with Gasteiger partial charge in [-0.1, -0.05) is 13.8 Å². The molecular weight excluding hydrogens is 616 g/mol. The van der Waals surface area contributed by atoms with Crippen molar-refractivity contribution >= 4 is 41.7 Å². The van der Waals surface area contributed by atoms with Gasteiger partial charge < -0.3 is 64.3 Å². The molecule has 6 amide bonds.